The SMILES string of the molecule is CCCCCCCCCCCCCCCCCC(=O)OC.COC(=O)CCCCCCCCCCCCCCCS.COC(=O)CCCCCCCCCCCNC(=O)CCCCC1SCC2NC(=O)NC21. The summed E-state index contributed by atoms with van der Waals surface area (Å²) in [6.07, 6.45) is 53.2. The summed E-state index contributed by atoms with van der Waals surface area (Å²) in [4.78, 5) is 56.2. The Hall–Kier alpha value is -2.15. The number of amides is 3. The number of ether oxygens (including phenoxy) is 3. The molecular weight excluding hydrogens is 943 g/mol. The largest absolute Gasteiger partial charge is 0.469 e. The van der Waals surface area contributed by atoms with Gasteiger partial charge < -0.3 is 30.2 Å². The number of esters is 3. The fourth-order valence-corrected chi connectivity index (χ4v) is 11.3. The first-order valence-electron chi connectivity index (χ1n) is 30.0. The highest BCUT2D eigenvalue weighted by atomic mass is 32.2. The number of carbonyl (C=O) groups excluding carboxylic acids is 5. The summed E-state index contributed by atoms with van der Waals surface area (Å²) in [6, 6.07) is 0.508. The van der Waals surface area contributed by atoms with Crippen molar-refractivity contribution < 1.29 is 38.2 Å². The van der Waals surface area contributed by atoms with E-state index in [1.165, 1.54) is 227 Å². The normalized spacial score (nSPS) is 15.6. The number of nitrogens with one attached hydrogen (secondary N) is 3. The maximum absolute atomic E-state index is 12.0. The van der Waals surface area contributed by atoms with Crippen LogP contribution in [0.15, 0.2) is 0 Å². The molecule has 13 heteroatoms. The van der Waals surface area contributed by atoms with Crippen LogP contribution in [0.4, 0.5) is 4.79 Å². The van der Waals surface area contributed by atoms with E-state index in [9.17, 15) is 24.0 Å². The van der Waals surface area contributed by atoms with Crippen molar-refractivity contribution in [1.82, 2.24) is 16.0 Å². The second-order valence-corrected chi connectivity index (χ2v) is 22.4. The van der Waals surface area contributed by atoms with E-state index in [2.05, 4.69) is 49.7 Å². The molecule has 0 spiro atoms. The van der Waals surface area contributed by atoms with Crippen LogP contribution in [0.2, 0.25) is 0 Å². The molecule has 2 fully saturated rings. The van der Waals surface area contributed by atoms with Crippen molar-refractivity contribution in [2.75, 3.05) is 39.4 Å². The number of hydrogen-bond donors (Lipinski definition) is 4. The van der Waals surface area contributed by atoms with Crippen LogP contribution in [0, 0.1) is 0 Å². The molecule has 11 nitrogen and oxygen atoms in total. The van der Waals surface area contributed by atoms with E-state index in [1.54, 1.807) is 0 Å². The summed E-state index contributed by atoms with van der Waals surface area (Å²) in [5, 5.41) is 9.51. The molecule has 2 aliphatic heterocycles. The summed E-state index contributed by atoms with van der Waals surface area (Å²) >= 11 is 6.16. The van der Waals surface area contributed by atoms with Crippen LogP contribution in [-0.4, -0.2) is 86.6 Å². The fourth-order valence-electron chi connectivity index (χ4n) is 9.49. The van der Waals surface area contributed by atoms with Crippen LogP contribution in [0.1, 0.15) is 289 Å². The molecule has 3 atom stereocenters. The molecule has 424 valence electrons. The Labute approximate surface area is 452 Å². The number of fused-ring (bicyclic) bond motifs is 1. The Balaban J connectivity index is 0.00000109. The summed E-state index contributed by atoms with van der Waals surface area (Å²) in [5.74, 6) is 1.96. The molecule has 0 aromatic carbocycles. The lowest BCUT2D eigenvalue weighted by atomic mass is 10.0. The van der Waals surface area contributed by atoms with Gasteiger partial charge in [-0.05, 0) is 50.7 Å². The first-order valence-corrected chi connectivity index (χ1v) is 31.7. The molecule has 2 heterocycles. The van der Waals surface area contributed by atoms with Gasteiger partial charge in [0.2, 0.25) is 5.91 Å². The maximum atomic E-state index is 12.0. The smallest absolute Gasteiger partial charge is 0.315 e. The standard InChI is InChI=1S/C23H41N3O4S.C19H38O2.C17H34O2S/c1-30-21(28)15-9-7-5-3-2-4-6-8-12-16-24-20(27)14-11-10-13-19-22-18(17-31-19)25-23(29)26-22;1-3-4-5-6-7-8-9-10-11-12-13-14-15-16-17-18-19(20)21-2;1-19-17(18)15-13-11-9-7-5-3-2-4-6-8-10-12-14-16-20/h18-19,22H,2-17H2,1H3,(H,24,27)(H2,25,26,29);3-18H2,1-2H3;20H,2-16H2,1H3. The lowest BCUT2D eigenvalue weighted by Gasteiger charge is -2.16. The average Bonchev–Trinajstić information content (AvgIpc) is 3.95. The van der Waals surface area contributed by atoms with Crippen molar-refractivity contribution in [2.45, 2.75) is 307 Å². The van der Waals surface area contributed by atoms with E-state index in [0.29, 0.717) is 30.9 Å². The van der Waals surface area contributed by atoms with Crippen molar-refractivity contribution >= 4 is 54.2 Å². The molecular formula is C59H113N3O8S2. The van der Waals surface area contributed by atoms with Gasteiger partial charge in [0.1, 0.15) is 0 Å². The minimum absolute atomic E-state index is 0.0351. The fraction of sp³-hybridized carbons (Fsp3) is 0.915. The van der Waals surface area contributed by atoms with Crippen molar-refractivity contribution in [2.24, 2.45) is 0 Å². The van der Waals surface area contributed by atoms with Crippen LogP contribution in [0.3, 0.4) is 0 Å². The van der Waals surface area contributed by atoms with Gasteiger partial charge in [-0.3, -0.25) is 19.2 Å². The zero-order chi connectivity index (χ0) is 52.8. The van der Waals surface area contributed by atoms with E-state index in [0.717, 1.165) is 69.4 Å². The highest BCUT2D eigenvalue weighted by Crippen LogP contribution is 2.33. The highest BCUT2D eigenvalue weighted by molar-refractivity contribution is 8.00. The number of hydrogen-bond acceptors (Lipinski definition) is 10. The van der Waals surface area contributed by atoms with Crippen LogP contribution in [0.5, 0.6) is 0 Å². The lowest BCUT2D eigenvalue weighted by molar-refractivity contribution is -0.141. The number of unbranched alkanes of at least 4 members (excludes halogenated alkanes) is 35. The summed E-state index contributed by atoms with van der Waals surface area (Å²) in [5.41, 5.74) is 0. The van der Waals surface area contributed by atoms with Crippen LogP contribution in [0.25, 0.3) is 0 Å². The Kier molecular flexibility index (Phi) is 53.4. The molecule has 0 bridgehead atoms. The molecule has 72 heavy (non-hydrogen) atoms. The Morgan fingerprint density at radius 2 is 0.806 bits per heavy atom. The molecule has 3 amide bonds. The van der Waals surface area contributed by atoms with Gasteiger partial charge in [0.25, 0.3) is 0 Å². The van der Waals surface area contributed by atoms with Crippen LogP contribution in [-0.2, 0) is 33.4 Å². The van der Waals surface area contributed by atoms with Crippen LogP contribution < -0.4 is 16.0 Å². The lowest BCUT2D eigenvalue weighted by Crippen LogP contribution is -2.36. The summed E-state index contributed by atoms with van der Waals surface area (Å²) in [6.45, 7) is 3.06. The zero-order valence-corrected chi connectivity index (χ0v) is 48.8. The predicted octanol–water partition coefficient (Wildman–Crippen LogP) is 15.9. The van der Waals surface area contributed by atoms with Gasteiger partial charge >= 0.3 is 23.9 Å². The number of thiol groups is 1. The van der Waals surface area contributed by atoms with E-state index < -0.39 is 0 Å². The van der Waals surface area contributed by atoms with Crippen LogP contribution >= 0.6 is 24.4 Å². The number of carbonyl (C=O) groups is 5. The second-order valence-electron chi connectivity index (χ2n) is 20.6. The first-order chi connectivity index (χ1) is 35.2. The topological polar surface area (TPSA) is 149 Å². The quantitative estimate of drug-likeness (QED) is 0.0154. The maximum Gasteiger partial charge on any atom is 0.315 e. The molecule has 3 N–H and O–H groups in total. The Bertz CT molecular complexity index is 1260. The van der Waals surface area contributed by atoms with Crippen molar-refractivity contribution in [1.29, 1.82) is 0 Å². The number of urea groups is 1. The van der Waals surface area contributed by atoms with Gasteiger partial charge in [-0.15, -0.1) is 0 Å². The highest BCUT2D eigenvalue weighted by Gasteiger charge is 2.42. The molecule has 3 unspecified atom stereocenters. The molecule has 0 aromatic heterocycles. The van der Waals surface area contributed by atoms with Gasteiger partial charge in [-0.2, -0.15) is 24.4 Å². The van der Waals surface area contributed by atoms with E-state index in [1.807, 2.05) is 11.8 Å². The Morgan fingerprint density at radius 1 is 0.472 bits per heavy atom. The molecule has 2 aliphatic rings. The third-order valence-corrected chi connectivity index (χ3v) is 16.0. The van der Waals surface area contributed by atoms with Crippen molar-refractivity contribution in [3.63, 3.8) is 0 Å². The van der Waals surface area contributed by atoms with Gasteiger partial charge in [0.05, 0.1) is 33.4 Å². The number of methoxy groups -OCH3 is 3. The monoisotopic (exact) mass is 1060 g/mol. The van der Waals surface area contributed by atoms with Crippen molar-refractivity contribution in [3.05, 3.63) is 0 Å². The Morgan fingerprint density at radius 3 is 1.17 bits per heavy atom. The van der Waals surface area contributed by atoms with Gasteiger partial charge in [0, 0.05) is 43.2 Å². The van der Waals surface area contributed by atoms with Crippen molar-refractivity contribution in [3.8, 4) is 0 Å². The number of thioether (sulfide) groups is 1. The van der Waals surface area contributed by atoms with Gasteiger partial charge in [0.15, 0.2) is 0 Å². The summed E-state index contributed by atoms with van der Waals surface area (Å²) < 4.78 is 13.9. The van der Waals surface area contributed by atoms with E-state index in [4.69, 9.17) is 0 Å². The van der Waals surface area contributed by atoms with E-state index >= 15 is 0 Å². The zero-order valence-electron chi connectivity index (χ0n) is 47.1. The molecule has 2 saturated heterocycles. The number of rotatable bonds is 48. The molecule has 0 aromatic rings. The average molecular weight is 1060 g/mol. The molecule has 0 radical (unpaired) electrons. The molecule has 2 rings (SSSR count). The summed E-state index contributed by atoms with van der Waals surface area (Å²) in [7, 11) is 4.37. The van der Waals surface area contributed by atoms with Gasteiger partial charge in [-0.1, -0.05) is 219 Å². The molecule has 0 saturated carbocycles. The minimum atomic E-state index is -0.105. The van der Waals surface area contributed by atoms with Gasteiger partial charge in [-0.25, -0.2) is 4.79 Å². The third-order valence-electron chi connectivity index (χ3n) is 14.2. The predicted molar refractivity (Wildman–Crippen MR) is 307 cm³/mol. The van der Waals surface area contributed by atoms with E-state index in [-0.39, 0.29) is 41.9 Å². The third kappa shape index (κ3) is 47.6. The first kappa shape index (κ1) is 69.8. The molecule has 0 aliphatic carbocycles. The minimum Gasteiger partial charge on any atom is -0.469 e. The second kappa shape index (κ2) is 55.1.